The highest BCUT2D eigenvalue weighted by atomic mass is 32.1. The number of thiophene rings is 1. The fourth-order valence-electron chi connectivity index (χ4n) is 5.66. The second-order valence-electron chi connectivity index (χ2n) is 9.98. The maximum atomic E-state index is 16.6. The molecule has 2 bridgehead atoms. The Balaban J connectivity index is 1.68. The molecule has 0 spiro atoms. The number of hydrogen-bond donors (Lipinski definition) is 2. The molecule has 0 amide bonds. The first-order valence-electron chi connectivity index (χ1n) is 12.8. The zero-order valence-corrected chi connectivity index (χ0v) is 22.0. The highest BCUT2D eigenvalue weighted by Crippen LogP contribution is 2.48. The third-order valence-corrected chi connectivity index (χ3v) is 8.37. The first kappa shape index (κ1) is 26.5. The summed E-state index contributed by atoms with van der Waals surface area (Å²) >= 11 is 0.719. The third-order valence-electron chi connectivity index (χ3n) is 7.35. The zero-order valence-electron chi connectivity index (χ0n) is 21.2. The highest BCUT2D eigenvalue weighted by molar-refractivity contribution is 7.23. The molecule has 0 aliphatic carbocycles. The van der Waals surface area contributed by atoms with Crippen molar-refractivity contribution in [1.82, 2.24) is 15.3 Å². The lowest BCUT2D eigenvalue weighted by Gasteiger charge is -2.34. The van der Waals surface area contributed by atoms with Gasteiger partial charge >= 0.3 is 12.2 Å². The van der Waals surface area contributed by atoms with E-state index in [2.05, 4.69) is 15.3 Å². The van der Waals surface area contributed by atoms with Crippen LogP contribution in [0.3, 0.4) is 0 Å². The van der Waals surface area contributed by atoms with Gasteiger partial charge < -0.3 is 20.7 Å². The fraction of sp³-hybridized carbons (Fsp3) is 0.370. The Bertz CT molecular complexity index is 1690. The van der Waals surface area contributed by atoms with E-state index in [9.17, 15) is 22.8 Å². The minimum atomic E-state index is -5.00. The van der Waals surface area contributed by atoms with E-state index in [1.54, 1.807) is 0 Å². The predicted molar refractivity (Wildman–Crippen MR) is 142 cm³/mol. The Morgan fingerprint density at radius 3 is 2.58 bits per heavy atom. The zero-order chi connectivity index (χ0) is 28.3. The van der Waals surface area contributed by atoms with E-state index in [4.69, 9.17) is 10.5 Å². The van der Waals surface area contributed by atoms with Crippen molar-refractivity contribution >= 4 is 43.1 Å². The van der Waals surface area contributed by atoms with Crippen molar-refractivity contribution in [3.63, 3.8) is 0 Å². The van der Waals surface area contributed by atoms with Crippen LogP contribution in [0.1, 0.15) is 37.3 Å². The maximum absolute atomic E-state index is 16.6. The molecular formula is C27H23F5N6OS. The molecule has 7 nitrogen and oxygen atoms in total. The summed E-state index contributed by atoms with van der Waals surface area (Å²) in [6.45, 7) is 3.06. The number of ether oxygens (including phenoxy) is 1. The molecule has 13 heteroatoms. The van der Waals surface area contributed by atoms with Crippen LogP contribution in [0.5, 0.6) is 6.01 Å². The van der Waals surface area contributed by atoms with E-state index in [0.717, 1.165) is 42.4 Å². The predicted octanol–water partition coefficient (Wildman–Crippen LogP) is 5.99. The normalized spacial score (nSPS) is 19.0. The maximum Gasteiger partial charge on any atom is 0.417 e. The molecule has 4 aromatic rings. The first-order chi connectivity index (χ1) is 19.1. The van der Waals surface area contributed by atoms with Crippen molar-refractivity contribution in [2.75, 3.05) is 30.3 Å². The Hall–Kier alpha value is -3.76. The lowest BCUT2D eigenvalue weighted by atomic mass is 9.92. The van der Waals surface area contributed by atoms with Crippen LogP contribution in [-0.2, 0) is 6.18 Å². The van der Waals surface area contributed by atoms with Gasteiger partial charge in [-0.15, -0.1) is 11.3 Å². The van der Waals surface area contributed by atoms with E-state index in [1.807, 2.05) is 17.9 Å². The second kappa shape index (κ2) is 9.71. The van der Waals surface area contributed by atoms with Crippen molar-refractivity contribution in [3.05, 3.63) is 41.0 Å². The highest BCUT2D eigenvalue weighted by Gasteiger charge is 2.39. The number of halogens is 5. The molecule has 2 unspecified atom stereocenters. The summed E-state index contributed by atoms with van der Waals surface area (Å²) in [7, 11) is 0. The number of nitriles is 1. The van der Waals surface area contributed by atoms with Crippen molar-refractivity contribution in [1.29, 1.82) is 5.26 Å². The van der Waals surface area contributed by atoms with E-state index in [1.165, 1.54) is 0 Å². The number of aromatic nitrogens is 2. The summed E-state index contributed by atoms with van der Waals surface area (Å²) < 4.78 is 80.7. The number of alkyl halides is 3. The standard InChI is InChI=1S/C27H23F5N6OS/c1-2-7-39-26-36-22-15(25(37-26)38-10-12-3-4-13(11-38)35-12)8-17(27(30,31)32)20(21(22)29)14-5-6-18(28)23-19(14)16(9-33)24(34)40-23/h5-6,8,12-13,35H,2-4,7,10-11,34H2,1H3. The molecular weight excluding hydrogens is 551 g/mol. The van der Waals surface area contributed by atoms with Gasteiger partial charge in [0.1, 0.15) is 28.2 Å². The molecule has 2 aromatic carbocycles. The molecule has 4 heterocycles. The lowest BCUT2D eigenvalue weighted by Crippen LogP contribution is -2.51. The number of nitrogens with two attached hydrogens (primary N) is 1. The molecule has 2 aliphatic heterocycles. The van der Waals surface area contributed by atoms with Crippen molar-refractivity contribution in [2.45, 2.75) is 44.4 Å². The van der Waals surface area contributed by atoms with Gasteiger partial charge in [0.2, 0.25) is 0 Å². The summed E-state index contributed by atoms with van der Waals surface area (Å²) in [6.07, 6.45) is -2.56. The van der Waals surface area contributed by atoms with Gasteiger partial charge in [-0.2, -0.15) is 28.4 Å². The van der Waals surface area contributed by atoms with Crippen LogP contribution < -0.4 is 20.7 Å². The lowest BCUT2D eigenvalue weighted by molar-refractivity contribution is -0.137. The van der Waals surface area contributed by atoms with Gasteiger partial charge in [-0.05, 0) is 37.0 Å². The van der Waals surface area contributed by atoms with Gasteiger partial charge in [0.25, 0.3) is 0 Å². The second-order valence-corrected chi connectivity index (χ2v) is 11.0. The number of rotatable bonds is 5. The minimum Gasteiger partial charge on any atom is -0.463 e. The Morgan fingerprint density at radius 1 is 1.20 bits per heavy atom. The SMILES string of the molecule is CCCOc1nc(N2CC3CCC(C2)N3)c2cc(C(F)(F)F)c(-c3ccc(F)c4sc(N)c(C#N)c34)c(F)c2n1. The summed E-state index contributed by atoms with van der Waals surface area (Å²) in [5.74, 6) is -1.89. The number of piperazine rings is 1. The number of hydrogen-bond acceptors (Lipinski definition) is 8. The van der Waals surface area contributed by atoms with Gasteiger partial charge in [-0.3, -0.25) is 0 Å². The Morgan fingerprint density at radius 2 is 1.93 bits per heavy atom. The molecule has 2 fully saturated rings. The van der Waals surface area contributed by atoms with Crippen LogP contribution in [0, 0.1) is 23.0 Å². The molecule has 2 atom stereocenters. The van der Waals surface area contributed by atoms with Crippen LogP contribution in [-0.4, -0.2) is 41.7 Å². The summed E-state index contributed by atoms with van der Waals surface area (Å²) in [5.41, 5.74) is 2.89. The monoisotopic (exact) mass is 574 g/mol. The van der Waals surface area contributed by atoms with E-state index in [-0.39, 0.29) is 67.6 Å². The molecule has 0 radical (unpaired) electrons. The van der Waals surface area contributed by atoms with E-state index in [0.29, 0.717) is 19.5 Å². The fourth-order valence-corrected chi connectivity index (χ4v) is 6.60. The molecule has 3 N–H and O–H groups in total. The Labute approximate surface area is 229 Å². The van der Waals surface area contributed by atoms with Crippen molar-refractivity contribution < 1.29 is 26.7 Å². The van der Waals surface area contributed by atoms with Crippen LogP contribution in [0.15, 0.2) is 18.2 Å². The number of fused-ring (bicyclic) bond motifs is 4. The van der Waals surface area contributed by atoms with Crippen LogP contribution in [0.4, 0.5) is 32.8 Å². The van der Waals surface area contributed by atoms with Crippen LogP contribution in [0.25, 0.3) is 32.1 Å². The van der Waals surface area contributed by atoms with Crippen LogP contribution in [0.2, 0.25) is 0 Å². The van der Waals surface area contributed by atoms with Crippen molar-refractivity contribution in [2.24, 2.45) is 0 Å². The molecule has 2 saturated heterocycles. The largest absolute Gasteiger partial charge is 0.463 e. The van der Waals surface area contributed by atoms with Crippen molar-refractivity contribution in [3.8, 4) is 23.2 Å². The van der Waals surface area contributed by atoms with Gasteiger partial charge in [0, 0.05) is 41.5 Å². The van der Waals surface area contributed by atoms with Gasteiger partial charge in [0.15, 0.2) is 5.82 Å². The molecule has 2 aromatic heterocycles. The molecule has 2 aliphatic rings. The van der Waals surface area contributed by atoms with Gasteiger partial charge in [-0.25, -0.2) is 8.78 Å². The molecule has 6 rings (SSSR count). The van der Waals surface area contributed by atoms with E-state index >= 15 is 4.39 Å². The number of anilines is 2. The quantitative estimate of drug-likeness (QED) is 0.283. The average molecular weight is 575 g/mol. The molecule has 208 valence electrons. The smallest absolute Gasteiger partial charge is 0.417 e. The van der Waals surface area contributed by atoms with E-state index < -0.39 is 28.9 Å². The topological polar surface area (TPSA) is 100 Å². The number of nitrogens with zero attached hydrogens (tertiary/aromatic N) is 4. The third kappa shape index (κ3) is 4.26. The first-order valence-corrected chi connectivity index (χ1v) is 13.6. The number of benzene rings is 2. The van der Waals surface area contributed by atoms with Gasteiger partial charge in [0.05, 0.1) is 22.4 Å². The minimum absolute atomic E-state index is 0.0770. The summed E-state index contributed by atoms with van der Waals surface area (Å²) in [5, 5.41) is 12.8. The number of nitrogens with one attached hydrogen (secondary N) is 1. The van der Waals surface area contributed by atoms with Gasteiger partial charge in [-0.1, -0.05) is 13.0 Å². The number of nitrogen functional groups attached to an aromatic ring is 1. The summed E-state index contributed by atoms with van der Waals surface area (Å²) in [6, 6.07) is 4.76. The average Bonchev–Trinajstić information content (AvgIpc) is 3.44. The Kier molecular flexibility index (Phi) is 6.42. The molecule has 0 saturated carbocycles. The summed E-state index contributed by atoms with van der Waals surface area (Å²) in [4.78, 5) is 10.5. The molecule has 40 heavy (non-hydrogen) atoms. The van der Waals surface area contributed by atoms with Crippen LogP contribution >= 0.6 is 11.3 Å².